The Balaban J connectivity index is 1.88. The topological polar surface area (TPSA) is 61.4 Å². The molecule has 0 amide bonds. The maximum atomic E-state index is 10.9. The van der Waals surface area contributed by atoms with Crippen molar-refractivity contribution in [1.29, 1.82) is 0 Å². The minimum Gasteiger partial charge on any atom is -0.481 e. The summed E-state index contributed by atoms with van der Waals surface area (Å²) in [6.07, 6.45) is 3.98. The first-order valence-electron chi connectivity index (χ1n) is 5.94. The van der Waals surface area contributed by atoms with Crippen molar-refractivity contribution >= 4 is 5.97 Å². The van der Waals surface area contributed by atoms with Gasteiger partial charge in [-0.1, -0.05) is 0 Å². The van der Waals surface area contributed by atoms with E-state index in [1.807, 2.05) is 0 Å². The first-order valence-corrected chi connectivity index (χ1v) is 5.94. The number of carboxylic acid groups (broad SMARTS) is 1. The second kappa shape index (κ2) is 4.94. The molecule has 4 heteroatoms. The maximum Gasteiger partial charge on any atom is 0.306 e. The molecule has 0 saturated carbocycles. The first kappa shape index (κ1) is 10.9. The van der Waals surface area contributed by atoms with Crippen molar-refractivity contribution in [2.75, 3.05) is 19.6 Å². The number of hydrogen-bond acceptors (Lipinski definition) is 3. The van der Waals surface area contributed by atoms with E-state index < -0.39 is 5.97 Å². The van der Waals surface area contributed by atoms with Crippen LogP contribution >= 0.6 is 0 Å². The van der Waals surface area contributed by atoms with Gasteiger partial charge >= 0.3 is 5.97 Å². The Bertz CT molecular complexity index is 227. The Morgan fingerprint density at radius 2 is 1.87 bits per heavy atom. The highest BCUT2D eigenvalue weighted by Gasteiger charge is 2.31. The number of rotatable bonds is 2. The van der Waals surface area contributed by atoms with Crippen LogP contribution in [0.2, 0.25) is 0 Å². The number of piperidine rings is 2. The molecule has 2 heterocycles. The molecule has 0 spiro atoms. The smallest absolute Gasteiger partial charge is 0.306 e. The average molecular weight is 212 g/mol. The molecule has 0 aromatic rings. The highest BCUT2D eigenvalue weighted by atomic mass is 16.4. The van der Waals surface area contributed by atoms with Crippen LogP contribution in [0.4, 0.5) is 0 Å². The van der Waals surface area contributed by atoms with Crippen molar-refractivity contribution in [3.8, 4) is 0 Å². The van der Waals surface area contributed by atoms with Gasteiger partial charge in [-0.05, 0) is 51.2 Å². The Kier molecular flexibility index (Phi) is 3.59. The number of aliphatic carboxylic acids is 1. The summed E-state index contributed by atoms with van der Waals surface area (Å²) in [5.74, 6) is -0.0602. The Morgan fingerprint density at radius 3 is 2.53 bits per heavy atom. The second-order valence-corrected chi connectivity index (χ2v) is 4.71. The number of carbonyl (C=O) groups is 1. The fraction of sp³-hybridized carbons (Fsp3) is 0.909. The third-order valence-corrected chi connectivity index (χ3v) is 3.74. The fourth-order valence-electron chi connectivity index (χ4n) is 2.78. The lowest BCUT2D eigenvalue weighted by molar-refractivity contribution is -0.143. The van der Waals surface area contributed by atoms with E-state index in [1.165, 1.54) is 12.8 Å². The molecule has 2 unspecified atom stereocenters. The SMILES string of the molecule is O=C(O)C1CCNC(C2CCNCC2)C1. The Hall–Kier alpha value is -0.610. The van der Waals surface area contributed by atoms with Gasteiger partial charge in [0.15, 0.2) is 0 Å². The highest BCUT2D eigenvalue weighted by molar-refractivity contribution is 5.70. The maximum absolute atomic E-state index is 10.9. The van der Waals surface area contributed by atoms with Gasteiger partial charge in [-0.2, -0.15) is 0 Å². The van der Waals surface area contributed by atoms with Crippen molar-refractivity contribution in [1.82, 2.24) is 10.6 Å². The molecule has 2 aliphatic rings. The summed E-state index contributed by atoms with van der Waals surface area (Å²) < 4.78 is 0. The van der Waals surface area contributed by atoms with E-state index in [4.69, 9.17) is 5.11 Å². The molecule has 2 aliphatic heterocycles. The number of nitrogens with one attached hydrogen (secondary N) is 2. The van der Waals surface area contributed by atoms with Crippen molar-refractivity contribution in [2.45, 2.75) is 31.7 Å². The normalized spacial score (nSPS) is 33.9. The van der Waals surface area contributed by atoms with Gasteiger partial charge in [0.1, 0.15) is 0 Å². The summed E-state index contributed by atoms with van der Waals surface area (Å²) in [7, 11) is 0. The summed E-state index contributed by atoms with van der Waals surface area (Å²) in [5, 5.41) is 15.8. The molecule has 0 radical (unpaired) electrons. The molecular formula is C11H20N2O2. The van der Waals surface area contributed by atoms with Gasteiger partial charge in [-0.3, -0.25) is 4.79 Å². The Morgan fingerprint density at radius 1 is 1.13 bits per heavy atom. The third kappa shape index (κ3) is 2.69. The molecule has 2 fully saturated rings. The lowest BCUT2D eigenvalue weighted by atomic mass is 9.81. The molecular weight excluding hydrogens is 192 g/mol. The van der Waals surface area contributed by atoms with Gasteiger partial charge < -0.3 is 15.7 Å². The molecule has 3 N–H and O–H groups in total. The van der Waals surface area contributed by atoms with Crippen LogP contribution in [0.15, 0.2) is 0 Å². The van der Waals surface area contributed by atoms with Gasteiger partial charge in [0, 0.05) is 6.04 Å². The third-order valence-electron chi connectivity index (χ3n) is 3.74. The van der Waals surface area contributed by atoms with Crippen LogP contribution in [0, 0.1) is 11.8 Å². The van der Waals surface area contributed by atoms with Crippen LogP contribution in [0.5, 0.6) is 0 Å². The van der Waals surface area contributed by atoms with Gasteiger partial charge in [0.25, 0.3) is 0 Å². The number of hydrogen-bond donors (Lipinski definition) is 3. The van der Waals surface area contributed by atoms with Gasteiger partial charge in [0.2, 0.25) is 0 Å². The minimum atomic E-state index is -0.615. The molecule has 0 aromatic heterocycles. The summed E-state index contributed by atoms with van der Waals surface area (Å²) in [4.78, 5) is 10.9. The highest BCUT2D eigenvalue weighted by Crippen LogP contribution is 2.26. The van der Waals surface area contributed by atoms with Gasteiger partial charge in [-0.15, -0.1) is 0 Å². The summed E-state index contributed by atoms with van der Waals surface area (Å²) in [6.45, 7) is 3.03. The van der Waals surface area contributed by atoms with Crippen LogP contribution in [0.1, 0.15) is 25.7 Å². The predicted molar refractivity (Wildman–Crippen MR) is 57.7 cm³/mol. The molecule has 2 atom stereocenters. The summed E-state index contributed by atoms with van der Waals surface area (Å²) in [5.41, 5.74) is 0. The van der Waals surface area contributed by atoms with E-state index in [-0.39, 0.29) is 5.92 Å². The molecule has 86 valence electrons. The van der Waals surface area contributed by atoms with Crippen LogP contribution in [0.25, 0.3) is 0 Å². The van der Waals surface area contributed by atoms with E-state index in [1.54, 1.807) is 0 Å². The number of carboxylic acids is 1. The van der Waals surface area contributed by atoms with Gasteiger partial charge in [-0.25, -0.2) is 0 Å². The van der Waals surface area contributed by atoms with Crippen molar-refractivity contribution in [2.24, 2.45) is 11.8 Å². The predicted octanol–water partition coefficient (Wildman–Crippen LogP) is 0.439. The summed E-state index contributed by atoms with van der Waals surface area (Å²) >= 11 is 0. The lowest BCUT2D eigenvalue weighted by Crippen LogP contribution is -2.47. The molecule has 0 bridgehead atoms. The second-order valence-electron chi connectivity index (χ2n) is 4.71. The van der Waals surface area contributed by atoms with E-state index in [0.717, 1.165) is 32.5 Å². The van der Waals surface area contributed by atoms with Crippen molar-refractivity contribution in [3.05, 3.63) is 0 Å². The zero-order chi connectivity index (χ0) is 10.7. The molecule has 4 nitrogen and oxygen atoms in total. The molecule has 0 aliphatic carbocycles. The van der Waals surface area contributed by atoms with Crippen LogP contribution in [0.3, 0.4) is 0 Å². The molecule has 2 saturated heterocycles. The fourth-order valence-corrected chi connectivity index (χ4v) is 2.78. The van der Waals surface area contributed by atoms with E-state index in [2.05, 4.69) is 10.6 Å². The summed E-state index contributed by atoms with van der Waals surface area (Å²) in [6, 6.07) is 0.432. The minimum absolute atomic E-state index is 0.119. The average Bonchev–Trinajstić information content (AvgIpc) is 2.30. The zero-order valence-corrected chi connectivity index (χ0v) is 9.04. The van der Waals surface area contributed by atoms with E-state index in [9.17, 15) is 4.79 Å². The zero-order valence-electron chi connectivity index (χ0n) is 9.04. The monoisotopic (exact) mass is 212 g/mol. The van der Waals surface area contributed by atoms with E-state index in [0.29, 0.717) is 12.0 Å². The van der Waals surface area contributed by atoms with Crippen LogP contribution in [-0.2, 0) is 4.79 Å². The van der Waals surface area contributed by atoms with Crippen molar-refractivity contribution in [3.63, 3.8) is 0 Å². The van der Waals surface area contributed by atoms with Crippen molar-refractivity contribution < 1.29 is 9.90 Å². The van der Waals surface area contributed by atoms with E-state index >= 15 is 0 Å². The first-order chi connectivity index (χ1) is 7.27. The largest absolute Gasteiger partial charge is 0.481 e. The quantitative estimate of drug-likeness (QED) is 0.621. The molecule has 15 heavy (non-hydrogen) atoms. The lowest BCUT2D eigenvalue weighted by Gasteiger charge is -2.36. The van der Waals surface area contributed by atoms with Crippen LogP contribution < -0.4 is 10.6 Å². The standard InChI is InChI=1S/C11H20N2O2/c14-11(15)9-3-6-13-10(7-9)8-1-4-12-5-2-8/h8-10,12-13H,1-7H2,(H,14,15). The Labute approximate surface area is 90.4 Å². The van der Waals surface area contributed by atoms with Crippen LogP contribution in [-0.4, -0.2) is 36.8 Å². The van der Waals surface area contributed by atoms with Gasteiger partial charge in [0.05, 0.1) is 5.92 Å². The molecule has 0 aromatic carbocycles. The molecule has 2 rings (SSSR count).